The van der Waals surface area contributed by atoms with Crippen LogP contribution in [0.2, 0.25) is 20.1 Å². The Hall–Kier alpha value is -0.900. The van der Waals surface area contributed by atoms with E-state index in [1.807, 2.05) is 10.8 Å². The summed E-state index contributed by atoms with van der Waals surface area (Å²) in [4.78, 5) is 3.13. The number of hydrogen-bond donors (Lipinski definition) is 1. The number of imidazole rings is 1. The first-order valence-electron chi connectivity index (χ1n) is 6.07. The lowest BCUT2D eigenvalue weighted by Gasteiger charge is -2.07. The summed E-state index contributed by atoms with van der Waals surface area (Å²) in [7, 11) is 0. The van der Waals surface area contributed by atoms with Crippen LogP contribution in [0.15, 0.2) is 48.8 Å². The molecule has 0 aliphatic carbocycles. The summed E-state index contributed by atoms with van der Waals surface area (Å²) in [5.41, 5.74) is 1.37. The lowest BCUT2D eigenvalue weighted by atomic mass is 10.2. The highest BCUT2D eigenvalue weighted by Crippen LogP contribution is 2.33. The van der Waals surface area contributed by atoms with Gasteiger partial charge in [-0.25, -0.2) is 4.98 Å². The van der Waals surface area contributed by atoms with Crippen LogP contribution in [0.5, 0.6) is 0 Å². The summed E-state index contributed by atoms with van der Waals surface area (Å²) in [6.07, 6.45) is 3.59. The van der Waals surface area contributed by atoms with E-state index in [1.165, 1.54) is 0 Å². The van der Waals surface area contributed by atoms with Crippen molar-refractivity contribution in [3.8, 4) is 17.1 Å². The first-order chi connectivity index (χ1) is 10.1. The minimum absolute atomic E-state index is 0. The van der Waals surface area contributed by atoms with Gasteiger partial charge in [0.1, 0.15) is 18.0 Å². The third-order valence-electron chi connectivity index (χ3n) is 3.06. The van der Waals surface area contributed by atoms with E-state index in [2.05, 4.69) is 4.98 Å². The molecule has 0 bridgehead atoms. The van der Waals surface area contributed by atoms with Crippen LogP contribution < -0.4 is 17.0 Å². The van der Waals surface area contributed by atoms with Crippen LogP contribution in [0, 0.1) is 0 Å². The van der Waals surface area contributed by atoms with Crippen molar-refractivity contribution in [2.45, 2.75) is 0 Å². The third kappa shape index (κ3) is 3.08. The van der Waals surface area contributed by atoms with Gasteiger partial charge in [-0.05, 0) is 24.3 Å². The Morgan fingerprint density at radius 1 is 0.773 bits per heavy atom. The molecular formula is C15H9Cl5N2. The molecule has 0 fully saturated rings. The number of para-hydroxylation sites is 1. The van der Waals surface area contributed by atoms with Gasteiger partial charge < -0.3 is 12.4 Å². The van der Waals surface area contributed by atoms with Crippen molar-refractivity contribution in [1.82, 2.24) is 4.98 Å². The molecule has 7 heteroatoms. The highest BCUT2D eigenvalue weighted by molar-refractivity contribution is 6.39. The molecule has 114 valence electrons. The largest absolute Gasteiger partial charge is 1.00 e. The van der Waals surface area contributed by atoms with E-state index >= 15 is 0 Å². The number of hydrogen-bond acceptors (Lipinski definition) is 0. The summed E-state index contributed by atoms with van der Waals surface area (Å²) in [5, 5.41) is 2.16. The second kappa shape index (κ2) is 7.12. The van der Waals surface area contributed by atoms with Crippen molar-refractivity contribution in [3.63, 3.8) is 0 Å². The Morgan fingerprint density at radius 2 is 1.27 bits per heavy atom. The highest BCUT2D eigenvalue weighted by atomic mass is 35.5. The van der Waals surface area contributed by atoms with E-state index in [0.717, 1.165) is 0 Å². The summed E-state index contributed by atoms with van der Waals surface area (Å²) >= 11 is 25.1. The number of halogens is 5. The molecule has 0 unspecified atom stereocenters. The van der Waals surface area contributed by atoms with Crippen LogP contribution in [0.4, 0.5) is 0 Å². The van der Waals surface area contributed by atoms with Crippen molar-refractivity contribution < 1.29 is 17.0 Å². The van der Waals surface area contributed by atoms with E-state index in [-0.39, 0.29) is 12.4 Å². The molecule has 0 saturated carbocycles. The average molecular weight is 395 g/mol. The molecule has 1 aromatic heterocycles. The predicted octanol–water partition coefficient (Wildman–Crippen LogP) is 2.58. The zero-order valence-electron chi connectivity index (χ0n) is 11.0. The summed E-state index contributed by atoms with van der Waals surface area (Å²) in [5.74, 6) is 0.709. The van der Waals surface area contributed by atoms with Crippen molar-refractivity contribution >= 4 is 46.4 Å². The standard InChI is InChI=1S/C15H8Cl4N2.ClH/c16-9-3-1-4-10(17)13(9)15-20-7-8-21(15)14-11(18)5-2-6-12(14)19;/h1-8H;1H. The fraction of sp³-hybridized carbons (Fsp3) is 0. The number of H-pyrrole nitrogens is 1. The average Bonchev–Trinajstić information content (AvgIpc) is 2.87. The number of aromatic amines is 1. The maximum Gasteiger partial charge on any atom is 0.294 e. The first-order valence-corrected chi connectivity index (χ1v) is 7.58. The molecule has 1 N–H and O–H groups in total. The van der Waals surface area contributed by atoms with Crippen molar-refractivity contribution in [2.75, 3.05) is 0 Å². The fourth-order valence-corrected chi connectivity index (χ4v) is 3.31. The van der Waals surface area contributed by atoms with Gasteiger partial charge in [0.25, 0.3) is 5.82 Å². The van der Waals surface area contributed by atoms with Gasteiger partial charge in [-0.15, -0.1) is 0 Å². The maximum atomic E-state index is 6.28. The summed E-state index contributed by atoms with van der Waals surface area (Å²) in [6.45, 7) is 0. The van der Waals surface area contributed by atoms with Crippen LogP contribution in [0.3, 0.4) is 0 Å². The number of rotatable bonds is 2. The second-order valence-corrected chi connectivity index (χ2v) is 5.97. The van der Waals surface area contributed by atoms with Gasteiger partial charge in [0.05, 0.1) is 20.1 Å². The number of aromatic nitrogens is 2. The zero-order chi connectivity index (χ0) is 15.0. The molecule has 2 aromatic carbocycles. The Kier molecular flexibility index (Phi) is 5.65. The van der Waals surface area contributed by atoms with Crippen LogP contribution >= 0.6 is 46.4 Å². The maximum absolute atomic E-state index is 6.28. The van der Waals surface area contributed by atoms with E-state index in [4.69, 9.17) is 46.4 Å². The molecule has 0 atom stereocenters. The number of nitrogens with zero attached hydrogens (tertiary/aromatic N) is 1. The highest BCUT2D eigenvalue weighted by Gasteiger charge is 2.24. The molecule has 0 spiro atoms. The van der Waals surface area contributed by atoms with Gasteiger partial charge in [-0.2, -0.15) is 4.57 Å². The van der Waals surface area contributed by atoms with E-state index < -0.39 is 0 Å². The molecule has 3 aromatic rings. The monoisotopic (exact) mass is 392 g/mol. The number of nitrogens with one attached hydrogen (secondary N) is 1. The molecule has 22 heavy (non-hydrogen) atoms. The zero-order valence-corrected chi connectivity index (χ0v) is 14.7. The molecule has 3 rings (SSSR count). The molecule has 1 heterocycles. The SMILES string of the molecule is Clc1cccc(Cl)c1-c1[nH]cc[n+]1-c1c(Cl)cccc1Cl.[Cl-]. The van der Waals surface area contributed by atoms with Crippen LogP contribution in [0.1, 0.15) is 0 Å². The topological polar surface area (TPSA) is 19.7 Å². The molecule has 0 radical (unpaired) electrons. The van der Waals surface area contributed by atoms with E-state index in [1.54, 1.807) is 42.6 Å². The lowest BCUT2D eigenvalue weighted by Crippen LogP contribution is -3.00. The molecule has 0 saturated heterocycles. The van der Waals surface area contributed by atoms with E-state index in [9.17, 15) is 0 Å². The normalized spacial score (nSPS) is 10.4. The van der Waals surface area contributed by atoms with Gasteiger partial charge in [0, 0.05) is 0 Å². The van der Waals surface area contributed by atoms with Crippen LogP contribution in [-0.4, -0.2) is 4.98 Å². The Labute approximate surface area is 154 Å². The quantitative estimate of drug-likeness (QED) is 0.645. The number of benzene rings is 2. The van der Waals surface area contributed by atoms with Crippen molar-refractivity contribution in [2.24, 2.45) is 0 Å². The minimum atomic E-state index is 0. The Bertz CT molecular complexity index is 707. The second-order valence-electron chi connectivity index (χ2n) is 4.35. The molecule has 2 nitrogen and oxygen atoms in total. The fourth-order valence-electron chi connectivity index (χ4n) is 2.16. The Morgan fingerprint density at radius 3 is 1.82 bits per heavy atom. The Balaban J connectivity index is 0.00000176. The molecule has 0 aliphatic rings. The van der Waals surface area contributed by atoms with Gasteiger partial charge in [-0.1, -0.05) is 58.5 Å². The van der Waals surface area contributed by atoms with Gasteiger partial charge in [0.2, 0.25) is 0 Å². The van der Waals surface area contributed by atoms with Crippen LogP contribution in [-0.2, 0) is 0 Å². The molecular weight excluding hydrogens is 385 g/mol. The smallest absolute Gasteiger partial charge is 0.294 e. The summed E-state index contributed by atoms with van der Waals surface area (Å²) in [6, 6.07) is 10.7. The lowest BCUT2D eigenvalue weighted by molar-refractivity contribution is -0.582. The van der Waals surface area contributed by atoms with Crippen LogP contribution in [0.25, 0.3) is 17.1 Å². The third-order valence-corrected chi connectivity index (χ3v) is 4.30. The van der Waals surface area contributed by atoms with Crippen molar-refractivity contribution in [1.29, 1.82) is 0 Å². The molecule has 0 amide bonds. The van der Waals surface area contributed by atoms with Crippen molar-refractivity contribution in [3.05, 3.63) is 68.9 Å². The van der Waals surface area contributed by atoms with Gasteiger partial charge >= 0.3 is 0 Å². The van der Waals surface area contributed by atoms with E-state index in [0.29, 0.717) is 37.2 Å². The van der Waals surface area contributed by atoms with Gasteiger partial charge in [-0.3, -0.25) is 0 Å². The van der Waals surface area contributed by atoms with Gasteiger partial charge in [0.15, 0.2) is 5.69 Å². The summed E-state index contributed by atoms with van der Waals surface area (Å²) < 4.78 is 1.83. The minimum Gasteiger partial charge on any atom is -1.00 e. The first kappa shape index (κ1) is 17.5. The predicted molar refractivity (Wildman–Crippen MR) is 87.8 cm³/mol. The molecule has 0 aliphatic heterocycles.